The van der Waals surface area contributed by atoms with E-state index < -0.39 is 0 Å². The Morgan fingerprint density at radius 2 is 2.27 bits per heavy atom. The van der Waals surface area contributed by atoms with Gasteiger partial charge in [-0.2, -0.15) is 4.80 Å². The number of hydrogen-bond acceptors (Lipinski definition) is 3. The number of hydrogen-bond donors (Lipinski definition) is 0. The third kappa shape index (κ3) is 2.30. The van der Waals surface area contributed by atoms with Gasteiger partial charge in [-0.3, -0.25) is 0 Å². The minimum atomic E-state index is 0.279. The van der Waals surface area contributed by atoms with Crippen molar-refractivity contribution < 1.29 is 0 Å². The predicted molar refractivity (Wildman–Crippen MR) is 58.8 cm³/mol. The summed E-state index contributed by atoms with van der Waals surface area (Å²) in [6.07, 6.45) is 4.47. The quantitative estimate of drug-likeness (QED) is 0.729. The van der Waals surface area contributed by atoms with Crippen molar-refractivity contribution >= 4 is 11.6 Å². The minimum Gasteiger partial charge on any atom is -0.167 e. The maximum absolute atomic E-state index is 6.21. The van der Waals surface area contributed by atoms with Gasteiger partial charge in [0.15, 0.2) is 5.82 Å². The summed E-state index contributed by atoms with van der Waals surface area (Å²) in [6, 6.07) is 0. The monoisotopic (exact) mass is 228 g/mol. The normalized spacial score (nSPS) is 31.8. The Hall–Kier alpha value is -0.640. The Labute approximate surface area is 95.0 Å². The van der Waals surface area contributed by atoms with Crippen molar-refractivity contribution in [3.63, 3.8) is 0 Å². The Morgan fingerprint density at radius 3 is 2.87 bits per heavy atom. The van der Waals surface area contributed by atoms with Crippen LogP contribution in [0, 0.1) is 5.92 Å². The van der Waals surface area contributed by atoms with E-state index in [1.807, 2.05) is 0 Å². The zero-order valence-electron chi connectivity index (χ0n) is 9.23. The minimum absolute atomic E-state index is 0.279. The molecule has 0 aromatic carbocycles. The summed E-state index contributed by atoms with van der Waals surface area (Å²) in [5, 5.41) is 12.6. The van der Waals surface area contributed by atoms with Crippen molar-refractivity contribution in [2.75, 3.05) is 0 Å². The lowest BCUT2D eigenvalue weighted by atomic mass is 9.77. The van der Waals surface area contributed by atoms with Gasteiger partial charge in [-0.15, -0.1) is 21.8 Å². The first-order valence-electron chi connectivity index (χ1n) is 5.58. The lowest BCUT2D eigenvalue weighted by molar-refractivity contribution is 0.293. The lowest BCUT2D eigenvalue weighted by Crippen LogP contribution is -2.24. The molecule has 0 bridgehead atoms. The van der Waals surface area contributed by atoms with Gasteiger partial charge in [0.25, 0.3) is 0 Å². The Balaban J connectivity index is 2.16. The Kier molecular flexibility index (Phi) is 3.24. The van der Waals surface area contributed by atoms with Crippen molar-refractivity contribution in [1.82, 2.24) is 20.2 Å². The van der Waals surface area contributed by atoms with Crippen LogP contribution in [0.25, 0.3) is 0 Å². The molecule has 0 N–H and O–H groups in total. The van der Waals surface area contributed by atoms with Crippen molar-refractivity contribution in [2.45, 2.75) is 43.9 Å². The van der Waals surface area contributed by atoms with E-state index in [1.165, 1.54) is 17.6 Å². The summed E-state index contributed by atoms with van der Waals surface area (Å²) < 4.78 is 0. The molecule has 1 aliphatic carbocycles. The second-order valence-electron chi connectivity index (χ2n) is 4.32. The molecule has 3 atom stereocenters. The molecule has 2 rings (SSSR count). The highest BCUT2D eigenvalue weighted by Crippen LogP contribution is 2.39. The van der Waals surface area contributed by atoms with E-state index in [4.69, 9.17) is 11.6 Å². The molecule has 1 heterocycles. The van der Waals surface area contributed by atoms with Crippen molar-refractivity contribution in [3.05, 3.63) is 5.82 Å². The second kappa shape index (κ2) is 4.47. The lowest BCUT2D eigenvalue weighted by Gasteiger charge is -2.31. The van der Waals surface area contributed by atoms with Crippen LogP contribution in [0.5, 0.6) is 0 Å². The van der Waals surface area contributed by atoms with Gasteiger partial charge in [0.2, 0.25) is 0 Å². The maximum Gasteiger partial charge on any atom is 0.178 e. The summed E-state index contributed by atoms with van der Waals surface area (Å²) in [6.45, 7) is 2.22. The van der Waals surface area contributed by atoms with Gasteiger partial charge in [-0.05, 0) is 30.4 Å². The first-order chi connectivity index (χ1) is 7.20. The molecule has 1 aliphatic rings. The zero-order valence-corrected chi connectivity index (χ0v) is 9.98. The highest BCUT2D eigenvalue weighted by molar-refractivity contribution is 6.20. The van der Waals surface area contributed by atoms with E-state index in [2.05, 4.69) is 22.3 Å². The topological polar surface area (TPSA) is 43.6 Å². The fraction of sp³-hybridized carbons (Fsp3) is 0.900. The summed E-state index contributed by atoms with van der Waals surface area (Å²) in [4.78, 5) is 1.53. The summed E-state index contributed by atoms with van der Waals surface area (Å²) in [5.41, 5.74) is 0. The number of aryl methyl sites for hydroxylation is 1. The van der Waals surface area contributed by atoms with Crippen molar-refractivity contribution in [3.8, 4) is 0 Å². The van der Waals surface area contributed by atoms with Crippen LogP contribution in [-0.2, 0) is 7.05 Å². The van der Waals surface area contributed by atoms with Crippen LogP contribution >= 0.6 is 11.6 Å². The van der Waals surface area contributed by atoms with E-state index >= 15 is 0 Å². The van der Waals surface area contributed by atoms with Gasteiger partial charge in [0, 0.05) is 11.3 Å². The SMILES string of the molecule is CCC1CCC(Cl)CC1c1nnn(C)n1. The van der Waals surface area contributed by atoms with E-state index in [9.17, 15) is 0 Å². The molecule has 5 heteroatoms. The van der Waals surface area contributed by atoms with Gasteiger partial charge in [0.05, 0.1) is 7.05 Å². The van der Waals surface area contributed by atoms with Crippen LogP contribution in [0.1, 0.15) is 44.3 Å². The van der Waals surface area contributed by atoms with E-state index in [0.717, 1.165) is 18.7 Å². The van der Waals surface area contributed by atoms with Gasteiger partial charge in [-0.25, -0.2) is 0 Å². The average Bonchev–Trinajstić information content (AvgIpc) is 2.65. The molecule has 84 valence electrons. The van der Waals surface area contributed by atoms with Crippen molar-refractivity contribution in [1.29, 1.82) is 0 Å². The zero-order chi connectivity index (χ0) is 10.8. The highest BCUT2D eigenvalue weighted by atomic mass is 35.5. The van der Waals surface area contributed by atoms with Crippen LogP contribution in [0.4, 0.5) is 0 Å². The molecule has 4 nitrogen and oxygen atoms in total. The van der Waals surface area contributed by atoms with Gasteiger partial charge in [0.1, 0.15) is 0 Å². The summed E-state index contributed by atoms with van der Waals surface area (Å²) >= 11 is 6.21. The molecule has 0 amide bonds. The number of halogens is 1. The number of nitrogens with zero attached hydrogens (tertiary/aromatic N) is 4. The van der Waals surface area contributed by atoms with E-state index in [0.29, 0.717) is 11.8 Å². The molecule has 1 aromatic heterocycles. The van der Waals surface area contributed by atoms with Gasteiger partial charge in [-0.1, -0.05) is 13.3 Å². The smallest absolute Gasteiger partial charge is 0.167 e. The number of aromatic nitrogens is 4. The molecule has 1 fully saturated rings. The molecule has 0 radical (unpaired) electrons. The largest absolute Gasteiger partial charge is 0.178 e. The predicted octanol–water partition coefficient (Wildman–Crippen LogP) is 2.11. The fourth-order valence-corrected chi connectivity index (χ4v) is 2.75. The van der Waals surface area contributed by atoms with Crippen LogP contribution in [0.15, 0.2) is 0 Å². The van der Waals surface area contributed by atoms with Crippen LogP contribution in [0.2, 0.25) is 0 Å². The Morgan fingerprint density at radius 1 is 1.47 bits per heavy atom. The third-order valence-electron chi connectivity index (χ3n) is 3.31. The average molecular weight is 229 g/mol. The van der Waals surface area contributed by atoms with Crippen LogP contribution in [0.3, 0.4) is 0 Å². The molecule has 15 heavy (non-hydrogen) atoms. The third-order valence-corrected chi connectivity index (χ3v) is 3.71. The molecular weight excluding hydrogens is 212 g/mol. The van der Waals surface area contributed by atoms with E-state index in [1.54, 1.807) is 7.05 Å². The first-order valence-corrected chi connectivity index (χ1v) is 6.02. The molecular formula is C10H17ClN4. The van der Waals surface area contributed by atoms with Crippen molar-refractivity contribution in [2.24, 2.45) is 13.0 Å². The standard InChI is InChI=1S/C10H17ClN4/c1-3-7-4-5-8(11)6-9(7)10-12-14-15(2)13-10/h7-9H,3-6H2,1-2H3. The molecule has 1 saturated carbocycles. The molecule has 0 aliphatic heterocycles. The number of alkyl halides is 1. The molecule has 0 saturated heterocycles. The molecule has 1 aromatic rings. The fourth-order valence-electron chi connectivity index (χ4n) is 2.43. The van der Waals surface area contributed by atoms with Crippen LogP contribution < -0.4 is 0 Å². The van der Waals surface area contributed by atoms with E-state index in [-0.39, 0.29) is 5.38 Å². The molecule has 0 spiro atoms. The summed E-state index contributed by atoms with van der Waals surface area (Å²) in [5.74, 6) is 1.94. The first kappa shape index (κ1) is 10.9. The van der Waals surface area contributed by atoms with Crippen LogP contribution in [-0.4, -0.2) is 25.6 Å². The van der Waals surface area contributed by atoms with Gasteiger partial charge >= 0.3 is 0 Å². The number of tetrazole rings is 1. The Bertz CT molecular complexity index is 325. The van der Waals surface area contributed by atoms with Gasteiger partial charge < -0.3 is 0 Å². The molecule has 3 unspecified atom stereocenters. The maximum atomic E-state index is 6.21. The highest BCUT2D eigenvalue weighted by Gasteiger charge is 2.32. The number of rotatable bonds is 2. The second-order valence-corrected chi connectivity index (χ2v) is 4.94. The summed E-state index contributed by atoms with van der Waals surface area (Å²) in [7, 11) is 1.80.